The van der Waals surface area contributed by atoms with Gasteiger partial charge in [-0.2, -0.15) is 0 Å². The Hall–Kier alpha value is -1.31. The lowest BCUT2D eigenvalue weighted by molar-refractivity contribution is -0.119. The van der Waals surface area contributed by atoms with Crippen LogP contribution < -0.4 is 5.32 Å². The second-order valence-electron chi connectivity index (χ2n) is 5.59. The Balaban J connectivity index is 2.11. The molecule has 0 saturated heterocycles. The third-order valence-electron chi connectivity index (χ3n) is 4.20. The highest BCUT2D eigenvalue weighted by molar-refractivity contribution is 5.72. The van der Waals surface area contributed by atoms with Crippen LogP contribution in [0.1, 0.15) is 50.2 Å². The van der Waals surface area contributed by atoms with Crippen molar-refractivity contribution in [1.29, 1.82) is 0 Å². The lowest BCUT2D eigenvalue weighted by atomic mass is 9.76. The third-order valence-corrected chi connectivity index (χ3v) is 4.20. The summed E-state index contributed by atoms with van der Waals surface area (Å²) >= 11 is 0. The number of amides is 1. The monoisotopic (exact) mass is 245 g/mol. The van der Waals surface area contributed by atoms with E-state index in [1.165, 1.54) is 36.8 Å². The lowest BCUT2D eigenvalue weighted by Crippen LogP contribution is -2.30. The zero-order valence-corrected chi connectivity index (χ0v) is 11.5. The Bertz CT molecular complexity index is 402. The van der Waals surface area contributed by atoms with Gasteiger partial charge in [-0.3, -0.25) is 4.79 Å². The van der Waals surface area contributed by atoms with Crippen LogP contribution in [0.3, 0.4) is 0 Å². The fraction of sp³-hybridized carbons (Fsp3) is 0.562. The number of rotatable bonds is 4. The van der Waals surface area contributed by atoms with Gasteiger partial charge in [0.05, 0.1) is 0 Å². The first-order valence-corrected chi connectivity index (χ1v) is 6.94. The number of carbonyl (C=O) groups is 1. The first-order valence-electron chi connectivity index (χ1n) is 6.94. The van der Waals surface area contributed by atoms with Crippen LogP contribution in [0.15, 0.2) is 24.3 Å². The van der Waals surface area contributed by atoms with Crippen molar-refractivity contribution in [2.24, 2.45) is 0 Å². The molecule has 0 aliphatic heterocycles. The smallest absolute Gasteiger partial charge is 0.216 e. The lowest BCUT2D eigenvalue weighted by Gasteiger charge is -2.30. The topological polar surface area (TPSA) is 29.1 Å². The summed E-state index contributed by atoms with van der Waals surface area (Å²) < 4.78 is 0. The molecule has 2 heteroatoms. The Morgan fingerprint density at radius 3 is 2.39 bits per heavy atom. The van der Waals surface area contributed by atoms with Crippen molar-refractivity contribution in [2.75, 3.05) is 6.54 Å². The molecule has 0 radical (unpaired) electrons. The molecule has 2 nitrogen and oxygen atoms in total. The Labute approximate surface area is 110 Å². The molecular weight excluding hydrogens is 222 g/mol. The molecule has 0 atom stereocenters. The molecule has 1 aromatic rings. The van der Waals surface area contributed by atoms with Gasteiger partial charge in [-0.1, -0.05) is 42.7 Å². The molecule has 0 unspecified atom stereocenters. The van der Waals surface area contributed by atoms with Gasteiger partial charge in [0.2, 0.25) is 5.91 Å². The molecule has 0 bridgehead atoms. The summed E-state index contributed by atoms with van der Waals surface area (Å²) in [5.74, 6) is 0.0760. The predicted molar refractivity (Wildman–Crippen MR) is 74.6 cm³/mol. The molecule has 2 rings (SSSR count). The SMILES string of the molecule is CC(=O)NCCC1(c2ccc(C)cc2)CCCC1. The van der Waals surface area contributed by atoms with E-state index < -0.39 is 0 Å². The number of benzene rings is 1. The molecule has 1 saturated carbocycles. The van der Waals surface area contributed by atoms with E-state index >= 15 is 0 Å². The summed E-state index contributed by atoms with van der Waals surface area (Å²) in [6.07, 6.45) is 6.21. The molecule has 1 aliphatic carbocycles. The van der Waals surface area contributed by atoms with Gasteiger partial charge >= 0.3 is 0 Å². The van der Waals surface area contributed by atoms with Gasteiger partial charge in [0.15, 0.2) is 0 Å². The van der Waals surface area contributed by atoms with E-state index in [1.54, 1.807) is 6.92 Å². The average molecular weight is 245 g/mol. The van der Waals surface area contributed by atoms with E-state index in [9.17, 15) is 4.79 Å². The zero-order chi connectivity index (χ0) is 13.0. The average Bonchev–Trinajstić information content (AvgIpc) is 2.79. The van der Waals surface area contributed by atoms with Gasteiger partial charge in [-0.05, 0) is 37.2 Å². The van der Waals surface area contributed by atoms with Crippen molar-refractivity contribution < 1.29 is 4.79 Å². The van der Waals surface area contributed by atoms with Crippen LogP contribution >= 0.6 is 0 Å². The van der Waals surface area contributed by atoms with Crippen LogP contribution in [0.2, 0.25) is 0 Å². The van der Waals surface area contributed by atoms with Gasteiger partial charge in [0.1, 0.15) is 0 Å². The minimum atomic E-state index is 0.0760. The molecule has 1 N–H and O–H groups in total. The van der Waals surface area contributed by atoms with E-state index in [-0.39, 0.29) is 5.91 Å². The standard InChI is InChI=1S/C16H23NO/c1-13-5-7-15(8-6-13)16(9-3-4-10-16)11-12-17-14(2)18/h5-8H,3-4,9-12H2,1-2H3,(H,17,18). The minimum absolute atomic E-state index is 0.0760. The van der Waals surface area contributed by atoms with Crippen LogP contribution in [-0.4, -0.2) is 12.5 Å². The highest BCUT2D eigenvalue weighted by Crippen LogP contribution is 2.43. The number of hydrogen-bond donors (Lipinski definition) is 1. The molecule has 0 aromatic heterocycles. The number of aryl methyl sites for hydroxylation is 1. The molecule has 1 amide bonds. The van der Waals surface area contributed by atoms with Crippen LogP contribution in [0, 0.1) is 6.92 Å². The normalized spacial score (nSPS) is 17.7. The van der Waals surface area contributed by atoms with Crippen LogP contribution in [-0.2, 0) is 10.2 Å². The largest absolute Gasteiger partial charge is 0.356 e. The third kappa shape index (κ3) is 2.92. The van der Waals surface area contributed by atoms with Crippen LogP contribution in [0.5, 0.6) is 0 Å². The number of nitrogens with one attached hydrogen (secondary N) is 1. The van der Waals surface area contributed by atoms with E-state index in [0.717, 1.165) is 13.0 Å². The van der Waals surface area contributed by atoms with E-state index in [0.29, 0.717) is 5.41 Å². The van der Waals surface area contributed by atoms with Gasteiger partial charge in [-0.25, -0.2) is 0 Å². The molecule has 98 valence electrons. The van der Waals surface area contributed by atoms with Crippen molar-refractivity contribution in [3.05, 3.63) is 35.4 Å². The van der Waals surface area contributed by atoms with Crippen molar-refractivity contribution in [3.63, 3.8) is 0 Å². The van der Waals surface area contributed by atoms with Crippen molar-refractivity contribution in [1.82, 2.24) is 5.32 Å². The maximum Gasteiger partial charge on any atom is 0.216 e. The molecule has 1 aromatic carbocycles. The van der Waals surface area contributed by atoms with Crippen molar-refractivity contribution >= 4 is 5.91 Å². The van der Waals surface area contributed by atoms with Crippen LogP contribution in [0.4, 0.5) is 0 Å². The second kappa shape index (κ2) is 5.55. The maximum atomic E-state index is 11.0. The summed E-state index contributed by atoms with van der Waals surface area (Å²) in [7, 11) is 0. The summed E-state index contributed by atoms with van der Waals surface area (Å²) in [6.45, 7) is 4.51. The molecule has 1 fully saturated rings. The Morgan fingerprint density at radius 1 is 1.22 bits per heavy atom. The molecule has 0 spiro atoms. The minimum Gasteiger partial charge on any atom is -0.356 e. The maximum absolute atomic E-state index is 11.0. The number of hydrogen-bond acceptors (Lipinski definition) is 1. The van der Waals surface area contributed by atoms with E-state index in [1.807, 2.05) is 0 Å². The Kier molecular flexibility index (Phi) is 4.05. The first-order chi connectivity index (χ1) is 8.62. The summed E-state index contributed by atoms with van der Waals surface area (Å²) in [4.78, 5) is 11.0. The van der Waals surface area contributed by atoms with E-state index in [4.69, 9.17) is 0 Å². The van der Waals surface area contributed by atoms with Gasteiger partial charge in [-0.15, -0.1) is 0 Å². The first kappa shape index (κ1) is 13.1. The van der Waals surface area contributed by atoms with Crippen molar-refractivity contribution in [2.45, 2.75) is 51.4 Å². The molecule has 0 heterocycles. The number of carbonyl (C=O) groups excluding carboxylic acids is 1. The predicted octanol–water partition coefficient (Wildman–Crippen LogP) is 3.33. The van der Waals surface area contributed by atoms with Gasteiger partial charge in [0, 0.05) is 13.5 Å². The highest BCUT2D eigenvalue weighted by Gasteiger charge is 2.34. The quantitative estimate of drug-likeness (QED) is 0.866. The summed E-state index contributed by atoms with van der Waals surface area (Å²) in [5.41, 5.74) is 3.07. The van der Waals surface area contributed by atoms with Crippen molar-refractivity contribution in [3.8, 4) is 0 Å². The fourth-order valence-electron chi connectivity index (χ4n) is 3.12. The molecular formula is C16H23NO. The molecule has 18 heavy (non-hydrogen) atoms. The van der Waals surface area contributed by atoms with Gasteiger partial charge < -0.3 is 5.32 Å². The van der Waals surface area contributed by atoms with E-state index in [2.05, 4.69) is 36.5 Å². The zero-order valence-electron chi connectivity index (χ0n) is 11.5. The summed E-state index contributed by atoms with van der Waals surface area (Å²) in [5, 5.41) is 2.94. The highest BCUT2D eigenvalue weighted by atomic mass is 16.1. The Morgan fingerprint density at radius 2 is 1.83 bits per heavy atom. The second-order valence-corrected chi connectivity index (χ2v) is 5.59. The molecule has 1 aliphatic rings. The fourth-order valence-corrected chi connectivity index (χ4v) is 3.12. The van der Waals surface area contributed by atoms with Crippen LogP contribution in [0.25, 0.3) is 0 Å². The summed E-state index contributed by atoms with van der Waals surface area (Å²) in [6, 6.07) is 8.95. The van der Waals surface area contributed by atoms with Gasteiger partial charge in [0.25, 0.3) is 0 Å².